The highest BCUT2D eigenvalue weighted by Crippen LogP contribution is 2.23. The minimum atomic E-state index is 0.0260. The number of nitrogens with one attached hydrogen (secondary N) is 1. The average molecular weight is 522 g/mol. The quantitative estimate of drug-likeness (QED) is 0.269. The second-order valence-corrected chi connectivity index (χ2v) is 9.19. The van der Waals surface area contributed by atoms with Crippen molar-refractivity contribution in [2.45, 2.75) is 39.7 Å². The van der Waals surface area contributed by atoms with Gasteiger partial charge in [0.1, 0.15) is 5.58 Å². The highest BCUT2D eigenvalue weighted by molar-refractivity contribution is 6.14. The molecule has 7 heteroatoms. The van der Waals surface area contributed by atoms with Crippen molar-refractivity contribution in [3.63, 3.8) is 0 Å². The molecule has 1 aromatic carbocycles. The molecule has 7 nitrogen and oxygen atoms in total. The van der Waals surface area contributed by atoms with Crippen molar-refractivity contribution in [3.05, 3.63) is 114 Å². The van der Waals surface area contributed by atoms with E-state index < -0.39 is 0 Å². The van der Waals surface area contributed by atoms with Crippen molar-refractivity contribution >= 4 is 29.3 Å². The van der Waals surface area contributed by atoms with E-state index in [1.807, 2.05) is 54.4 Å². The number of H-pyrrole nitrogens is 1. The summed E-state index contributed by atoms with van der Waals surface area (Å²) in [5, 5.41) is 1.16. The van der Waals surface area contributed by atoms with Crippen LogP contribution in [-0.4, -0.2) is 46.3 Å². The molecule has 39 heavy (non-hydrogen) atoms. The summed E-state index contributed by atoms with van der Waals surface area (Å²) in [5.41, 5.74) is 6.91. The van der Waals surface area contributed by atoms with E-state index in [4.69, 9.17) is 4.42 Å². The number of aliphatic imine (C=N–C) groups is 2. The molecule has 0 fully saturated rings. The number of hydrogen-bond acceptors (Lipinski definition) is 5. The zero-order valence-electron chi connectivity index (χ0n) is 22.6. The summed E-state index contributed by atoms with van der Waals surface area (Å²) in [6.07, 6.45) is 19.2. The lowest BCUT2D eigenvalue weighted by molar-refractivity contribution is -0.127. The van der Waals surface area contributed by atoms with Crippen LogP contribution in [0.15, 0.2) is 117 Å². The number of benzene rings is 1. The van der Waals surface area contributed by atoms with Gasteiger partial charge in [0.15, 0.2) is 0 Å². The number of allylic oxidation sites excluding steroid dienone is 5. The molecule has 0 saturated carbocycles. The first-order valence-corrected chi connectivity index (χ1v) is 13.3. The van der Waals surface area contributed by atoms with Gasteiger partial charge in [0.2, 0.25) is 0 Å². The second kappa shape index (κ2) is 13.9. The van der Waals surface area contributed by atoms with Crippen LogP contribution in [0, 0.1) is 0 Å². The van der Waals surface area contributed by atoms with Crippen molar-refractivity contribution in [1.82, 2.24) is 14.9 Å². The summed E-state index contributed by atoms with van der Waals surface area (Å²) < 4.78 is 5.12. The number of rotatable bonds is 8. The number of fused-ring (bicyclic) bond motifs is 2. The standard InChI is InChI=1S/C24H29N5O.C8H6O/c1-4-7-19(13-25-11-5-2)18(6-3)8-9-20-14-26-15-21(20)24(30)29-12-10-22-23(16-29)28-17-27-22;1-2-4-8-7(3-1)5-6-9-8/h5-6,8-9,11,13,15,17H,2,4,7,10,12,14,16H2,1,3H3,(H,27,28);1-6H/b9-8-,18-6+,19-13+,25-11?;. The highest BCUT2D eigenvalue weighted by Gasteiger charge is 2.26. The van der Waals surface area contributed by atoms with Gasteiger partial charge in [-0.25, -0.2) is 4.98 Å². The van der Waals surface area contributed by atoms with Gasteiger partial charge in [0, 0.05) is 37.0 Å². The van der Waals surface area contributed by atoms with E-state index in [0.717, 1.165) is 58.3 Å². The number of aromatic amines is 1. The Hall–Kier alpha value is -4.52. The van der Waals surface area contributed by atoms with Crippen LogP contribution in [0.25, 0.3) is 11.0 Å². The van der Waals surface area contributed by atoms with Crippen LogP contribution in [0.3, 0.4) is 0 Å². The fourth-order valence-electron chi connectivity index (χ4n) is 4.53. The van der Waals surface area contributed by atoms with E-state index in [1.54, 1.807) is 31.1 Å². The van der Waals surface area contributed by atoms with Crippen LogP contribution in [0.5, 0.6) is 0 Å². The van der Waals surface area contributed by atoms with E-state index in [9.17, 15) is 4.79 Å². The van der Waals surface area contributed by atoms with Crippen molar-refractivity contribution in [3.8, 4) is 0 Å². The first-order chi connectivity index (χ1) is 19.1. The smallest absolute Gasteiger partial charge is 0.256 e. The predicted molar refractivity (Wildman–Crippen MR) is 159 cm³/mol. The summed E-state index contributed by atoms with van der Waals surface area (Å²) in [7, 11) is 0. The molecule has 0 unspecified atom stereocenters. The molecular formula is C32H35N5O2. The number of carbonyl (C=O) groups is 1. The second-order valence-electron chi connectivity index (χ2n) is 9.19. The molecule has 0 aliphatic carbocycles. The van der Waals surface area contributed by atoms with E-state index in [-0.39, 0.29) is 5.91 Å². The van der Waals surface area contributed by atoms with E-state index >= 15 is 0 Å². The summed E-state index contributed by atoms with van der Waals surface area (Å²) in [6.45, 7) is 9.59. The molecular weight excluding hydrogens is 486 g/mol. The Labute approximate surface area is 229 Å². The Morgan fingerprint density at radius 2 is 2.15 bits per heavy atom. The van der Waals surface area contributed by atoms with E-state index in [1.165, 1.54) is 0 Å². The number of furan rings is 1. The lowest BCUT2D eigenvalue weighted by Gasteiger charge is -2.26. The Kier molecular flexibility index (Phi) is 9.78. The highest BCUT2D eigenvalue weighted by atomic mass is 16.3. The normalized spacial score (nSPS) is 15.8. The molecule has 0 spiro atoms. The molecule has 0 atom stereocenters. The number of imidazole rings is 1. The maximum atomic E-state index is 13.1. The largest absolute Gasteiger partial charge is 0.464 e. The number of amides is 1. The molecule has 5 rings (SSSR count). The van der Waals surface area contributed by atoms with Crippen molar-refractivity contribution < 1.29 is 9.21 Å². The molecule has 2 aliphatic heterocycles. The lowest BCUT2D eigenvalue weighted by Crippen LogP contribution is -2.37. The lowest BCUT2D eigenvalue weighted by atomic mass is 10.00. The Morgan fingerprint density at radius 1 is 1.28 bits per heavy atom. The average Bonchev–Trinajstić information content (AvgIpc) is 3.74. The van der Waals surface area contributed by atoms with Gasteiger partial charge in [-0.3, -0.25) is 14.8 Å². The van der Waals surface area contributed by atoms with Crippen molar-refractivity contribution in [1.29, 1.82) is 0 Å². The fourth-order valence-corrected chi connectivity index (χ4v) is 4.53. The third-order valence-electron chi connectivity index (χ3n) is 6.57. The summed E-state index contributed by atoms with van der Waals surface area (Å²) in [5.74, 6) is 0.0260. The summed E-state index contributed by atoms with van der Waals surface area (Å²) in [6, 6.07) is 9.90. The molecule has 1 amide bonds. The zero-order valence-corrected chi connectivity index (χ0v) is 22.6. The maximum absolute atomic E-state index is 13.1. The van der Waals surface area contributed by atoms with Gasteiger partial charge >= 0.3 is 0 Å². The van der Waals surface area contributed by atoms with Crippen molar-refractivity contribution in [2.75, 3.05) is 13.1 Å². The van der Waals surface area contributed by atoms with Gasteiger partial charge in [-0.15, -0.1) is 0 Å². The summed E-state index contributed by atoms with van der Waals surface area (Å²) in [4.78, 5) is 31.1. The van der Waals surface area contributed by atoms with Gasteiger partial charge in [0.25, 0.3) is 5.91 Å². The third kappa shape index (κ3) is 7.08. The SMILES string of the molecule is C=CC=N/C=C(CCC)/C(/C=C\C1=C(C(=O)N2CCc3nc[nH]c3C2)C=NC1)=C/C.c1ccc2occc2c1. The molecule has 2 aromatic heterocycles. The van der Waals surface area contributed by atoms with Gasteiger partial charge < -0.3 is 14.3 Å². The minimum Gasteiger partial charge on any atom is -0.464 e. The first-order valence-electron chi connectivity index (χ1n) is 13.3. The topological polar surface area (TPSA) is 86.9 Å². The van der Waals surface area contributed by atoms with Gasteiger partial charge in [0.05, 0.1) is 42.6 Å². The van der Waals surface area contributed by atoms with Gasteiger partial charge in [-0.05, 0) is 42.2 Å². The minimum absolute atomic E-state index is 0.0260. The van der Waals surface area contributed by atoms with Crippen LogP contribution >= 0.6 is 0 Å². The number of aromatic nitrogens is 2. The van der Waals surface area contributed by atoms with Crippen LogP contribution in [0.2, 0.25) is 0 Å². The number of nitrogens with zero attached hydrogens (tertiary/aromatic N) is 4. The van der Waals surface area contributed by atoms with Gasteiger partial charge in [-0.2, -0.15) is 0 Å². The summed E-state index contributed by atoms with van der Waals surface area (Å²) >= 11 is 0. The number of hydrogen-bond donors (Lipinski definition) is 1. The molecule has 0 saturated heterocycles. The van der Waals surface area contributed by atoms with Crippen molar-refractivity contribution in [2.24, 2.45) is 9.98 Å². The first kappa shape index (κ1) is 27.5. The molecule has 200 valence electrons. The van der Waals surface area contributed by atoms with Gasteiger partial charge in [-0.1, -0.05) is 62.4 Å². The third-order valence-corrected chi connectivity index (χ3v) is 6.57. The molecule has 1 N–H and O–H groups in total. The Bertz CT molecular complexity index is 1450. The Morgan fingerprint density at radius 3 is 2.95 bits per heavy atom. The molecule has 0 radical (unpaired) electrons. The zero-order chi connectivity index (χ0) is 27.5. The van der Waals surface area contributed by atoms with E-state index in [0.29, 0.717) is 25.2 Å². The molecule has 4 heterocycles. The fraction of sp³-hybridized carbons (Fsp3) is 0.250. The van der Waals surface area contributed by atoms with Crippen LogP contribution in [-0.2, 0) is 17.8 Å². The monoisotopic (exact) mass is 521 g/mol. The van der Waals surface area contributed by atoms with Crippen LogP contribution in [0.4, 0.5) is 0 Å². The maximum Gasteiger partial charge on any atom is 0.256 e. The molecule has 0 bridgehead atoms. The predicted octanol–water partition coefficient (Wildman–Crippen LogP) is 6.55. The molecule has 3 aromatic rings. The Balaban J connectivity index is 0.000000327. The number of para-hydroxylation sites is 1. The van der Waals surface area contributed by atoms with Crippen LogP contribution < -0.4 is 0 Å². The van der Waals surface area contributed by atoms with E-state index in [2.05, 4.69) is 45.6 Å². The molecule has 2 aliphatic rings. The number of carbonyl (C=O) groups excluding carboxylic acids is 1. The van der Waals surface area contributed by atoms with Crippen LogP contribution in [0.1, 0.15) is 38.1 Å².